The smallest absolute Gasteiger partial charge is 0.219 e. The fourth-order valence-corrected chi connectivity index (χ4v) is 2.46. The fourth-order valence-electron chi connectivity index (χ4n) is 2.34. The second-order valence-electron chi connectivity index (χ2n) is 5.57. The number of amidine groups is 1. The molecule has 0 unspecified atom stereocenters. The minimum Gasteiger partial charge on any atom is -0.497 e. The number of benzene rings is 2. The highest BCUT2D eigenvalue weighted by Gasteiger charge is 2.05. The highest BCUT2D eigenvalue weighted by Crippen LogP contribution is 2.21. The third-order valence-corrected chi connectivity index (χ3v) is 3.96. The standard InChI is InChI=1S/C20H18ClN3O3/c1-26-18-4-2-3-14(11-18)12-23-20(24-25)15-5-10-19(22-13-15)27-17-8-6-16(21)7-9-17/h2-11,13,25H,12H2,1H3,(H,23,24). The first kappa shape index (κ1) is 18.7. The molecule has 3 aromatic rings. The van der Waals surface area contributed by atoms with Crippen LogP contribution in [0, 0.1) is 0 Å². The van der Waals surface area contributed by atoms with Crippen LogP contribution < -0.4 is 15.0 Å². The maximum absolute atomic E-state index is 9.41. The van der Waals surface area contributed by atoms with Crippen molar-refractivity contribution in [3.8, 4) is 17.4 Å². The Morgan fingerprint density at radius 1 is 1.11 bits per heavy atom. The average Bonchev–Trinajstić information content (AvgIpc) is 2.71. The number of nitrogens with zero attached hydrogens (tertiary/aromatic N) is 2. The van der Waals surface area contributed by atoms with Crippen molar-refractivity contribution in [3.63, 3.8) is 0 Å². The van der Waals surface area contributed by atoms with Crippen LogP contribution in [-0.4, -0.2) is 23.1 Å². The summed E-state index contributed by atoms with van der Waals surface area (Å²) in [4.78, 5) is 8.63. The summed E-state index contributed by atoms with van der Waals surface area (Å²) in [5, 5.41) is 10.0. The van der Waals surface area contributed by atoms with Gasteiger partial charge in [0.05, 0.1) is 13.7 Å². The van der Waals surface area contributed by atoms with E-state index in [2.05, 4.69) is 15.5 Å². The highest BCUT2D eigenvalue weighted by molar-refractivity contribution is 6.30. The Morgan fingerprint density at radius 3 is 2.59 bits per heavy atom. The first-order chi connectivity index (χ1) is 13.2. The average molecular weight is 384 g/mol. The van der Waals surface area contributed by atoms with Gasteiger partial charge in [-0.2, -0.15) is 0 Å². The lowest BCUT2D eigenvalue weighted by Gasteiger charge is -2.08. The maximum atomic E-state index is 9.41. The van der Waals surface area contributed by atoms with E-state index in [4.69, 9.17) is 21.1 Å². The fraction of sp³-hybridized carbons (Fsp3) is 0.100. The van der Waals surface area contributed by atoms with Crippen molar-refractivity contribution in [2.24, 2.45) is 4.99 Å². The number of hydrogen-bond acceptors (Lipinski definition) is 5. The number of halogens is 1. The summed E-state index contributed by atoms with van der Waals surface area (Å²) in [5.74, 6) is 2.12. The number of aliphatic imine (C=N–C) groups is 1. The molecule has 0 saturated carbocycles. The number of ether oxygens (including phenoxy) is 2. The van der Waals surface area contributed by atoms with E-state index in [1.807, 2.05) is 24.3 Å². The van der Waals surface area contributed by atoms with Crippen LogP contribution in [0.5, 0.6) is 17.4 Å². The highest BCUT2D eigenvalue weighted by atomic mass is 35.5. The maximum Gasteiger partial charge on any atom is 0.219 e. The number of methoxy groups -OCH3 is 1. The molecule has 1 aromatic heterocycles. The van der Waals surface area contributed by atoms with Gasteiger partial charge in [-0.3, -0.25) is 15.7 Å². The minimum atomic E-state index is 0.309. The molecule has 0 spiro atoms. The van der Waals surface area contributed by atoms with Gasteiger partial charge in [0.25, 0.3) is 0 Å². The lowest BCUT2D eigenvalue weighted by Crippen LogP contribution is -2.20. The monoisotopic (exact) mass is 383 g/mol. The minimum absolute atomic E-state index is 0.309. The van der Waals surface area contributed by atoms with E-state index < -0.39 is 0 Å². The first-order valence-corrected chi connectivity index (χ1v) is 8.53. The molecule has 1 heterocycles. The molecule has 0 bridgehead atoms. The van der Waals surface area contributed by atoms with E-state index in [1.54, 1.807) is 49.7 Å². The van der Waals surface area contributed by atoms with E-state index >= 15 is 0 Å². The van der Waals surface area contributed by atoms with Crippen molar-refractivity contribution in [1.29, 1.82) is 0 Å². The van der Waals surface area contributed by atoms with Gasteiger partial charge in [0.2, 0.25) is 5.88 Å². The zero-order chi connectivity index (χ0) is 19.1. The Balaban J connectivity index is 1.70. The number of nitrogens with one attached hydrogen (secondary N) is 1. The Kier molecular flexibility index (Phi) is 6.25. The van der Waals surface area contributed by atoms with Crippen LogP contribution in [0.3, 0.4) is 0 Å². The number of rotatable bonds is 6. The molecule has 0 aliphatic carbocycles. The van der Waals surface area contributed by atoms with Gasteiger partial charge in [0, 0.05) is 22.8 Å². The van der Waals surface area contributed by atoms with E-state index in [1.165, 1.54) is 0 Å². The summed E-state index contributed by atoms with van der Waals surface area (Å²) >= 11 is 5.86. The van der Waals surface area contributed by atoms with Gasteiger partial charge in [-0.15, -0.1) is 0 Å². The van der Waals surface area contributed by atoms with Gasteiger partial charge in [0.15, 0.2) is 5.84 Å². The van der Waals surface area contributed by atoms with E-state index in [-0.39, 0.29) is 0 Å². The Bertz CT molecular complexity index is 913. The summed E-state index contributed by atoms with van der Waals surface area (Å²) in [6.45, 7) is 0.378. The molecule has 2 N–H and O–H groups in total. The van der Waals surface area contributed by atoms with Crippen LogP contribution in [-0.2, 0) is 6.54 Å². The number of hydroxylamine groups is 1. The van der Waals surface area contributed by atoms with Crippen molar-refractivity contribution >= 4 is 17.4 Å². The molecule has 6 nitrogen and oxygen atoms in total. The van der Waals surface area contributed by atoms with Crippen LogP contribution in [0.4, 0.5) is 0 Å². The summed E-state index contributed by atoms with van der Waals surface area (Å²) in [6, 6.07) is 18.0. The van der Waals surface area contributed by atoms with Gasteiger partial charge in [-0.1, -0.05) is 23.7 Å². The molecule has 0 aliphatic heterocycles. The summed E-state index contributed by atoms with van der Waals surface area (Å²) < 4.78 is 10.8. The summed E-state index contributed by atoms with van der Waals surface area (Å²) in [5.41, 5.74) is 3.70. The topological polar surface area (TPSA) is 76.0 Å². The second kappa shape index (κ2) is 9.02. The molecule has 3 rings (SSSR count). The summed E-state index contributed by atoms with van der Waals surface area (Å²) in [7, 11) is 1.61. The van der Waals surface area contributed by atoms with Crippen molar-refractivity contribution in [3.05, 3.63) is 83.0 Å². The molecular formula is C20H18ClN3O3. The number of aromatic nitrogens is 1. The Labute approximate surface area is 162 Å². The quantitative estimate of drug-likeness (QED) is 0.373. The van der Waals surface area contributed by atoms with Crippen LogP contribution in [0.2, 0.25) is 5.02 Å². The lowest BCUT2D eigenvalue weighted by molar-refractivity contribution is 0.234. The van der Waals surface area contributed by atoms with Crippen LogP contribution in [0.25, 0.3) is 0 Å². The SMILES string of the molecule is COc1cccc(CN=C(NO)c2ccc(Oc3ccc(Cl)cc3)nc2)c1. The van der Waals surface area contributed by atoms with Crippen LogP contribution in [0.15, 0.2) is 71.9 Å². The van der Waals surface area contributed by atoms with Crippen LogP contribution in [0.1, 0.15) is 11.1 Å². The number of hydrogen-bond donors (Lipinski definition) is 2. The molecule has 0 amide bonds. The van der Waals surface area contributed by atoms with Gasteiger partial charge in [-0.25, -0.2) is 4.98 Å². The van der Waals surface area contributed by atoms with E-state index in [0.29, 0.717) is 34.6 Å². The molecule has 2 aromatic carbocycles. The molecule has 0 fully saturated rings. The van der Waals surface area contributed by atoms with E-state index in [9.17, 15) is 5.21 Å². The molecule has 0 atom stereocenters. The first-order valence-electron chi connectivity index (χ1n) is 8.15. The van der Waals surface area contributed by atoms with Crippen molar-refractivity contribution < 1.29 is 14.7 Å². The molecule has 27 heavy (non-hydrogen) atoms. The molecule has 138 valence electrons. The molecule has 7 heteroatoms. The largest absolute Gasteiger partial charge is 0.497 e. The third kappa shape index (κ3) is 5.20. The zero-order valence-electron chi connectivity index (χ0n) is 14.6. The van der Waals surface area contributed by atoms with Crippen molar-refractivity contribution in [1.82, 2.24) is 10.5 Å². The van der Waals surface area contributed by atoms with Crippen molar-refractivity contribution in [2.75, 3.05) is 7.11 Å². The predicted molar refractivity (Wildman–Crippen MR) is 104 cm³/mol. The van der Waals surface area contributed by atoms with Crippen LogP contribution >= 0.6 is 11.6 Å². The molecular weight excluding hydrogens is 366 g/mol. The van der Waals surface area contributed by atoms with Gasteiger partial charge in [-0.05, 0) is 48.0 Å². The molecule has 0 radical (unpaired) electrons. The second-order valence-corrected chi connectivity index (χ2v) is 6.01. The molecule has 0 aliphatic rings. The lowest BCUT2D eigenvalue weighted by atomic mass is 10.2. The number of pyridine rings is 1. The Morgan fingerprint density at radius 2 is 1.93 bits per heavy atom. The zero-order valence-corrected chi connectivity index (χ0v) is 15.3. The van der Waals surface area contributed by atoms with Gasteiger partial charge < -0.3 is 9.47 Å². The third-order valence-electron chi connectivity index (χ3n) is 3.71. The van der Waals surface area contributed by atoms with E-state index in [0.717, 1.165) is 11.3 Å². The molecule has 0 saturated heterocycles. The normalized spacial score (nSPS) is 11.1. The predicted octanol–water partition coefficient (Wildman–Crippen LogP) is 4.46. The van der Waals surface area contributed by atoms with Crippen molar-refractivity contribution in [2.45, 2.75) is 6.54 Å². The van der Waals surface area contributed by atoms with Gasteiger partial charge >= 0.3 is 0 Å². The summed E-state index contributed by atoms with van der Waals surface area (Å²) in [6.07, 6.45) is 1.57. The Hall–Kier alpha value is -3.09. The van der Waals surface area contributed by atoms with Gasteiger partial charge in [0.1, 0.15) is 11.5 Å².